The molecule has 0 aliphatic rings. The van der Waals surface area contributed by atoms with Crippen molar-refractivity contribution in [3.63, 3.8) is 0 Å². The number of nitrogens with zero attached hydrogens (tertiary/aromatic N) is 1. The van der Waals surface area contributed by atoms with Crippen molar-refractivity contribution < 1.29 is 19.4 Å². The van der Waals surface area contributed by atoms with Crippen LogP contribution in [0, 0.1) is 0 Å². The van der Waals surface area contributed by atoms with Gasteiger partial charge < -0.3 is 19.7 Å². The van der Waals surface area contributed by atoms with E-state index < -0.39 is 5.97 Å². The number of hydrogen-bond donors (Lipinski definition) is 2. The van der Waals surface area contributed by atoms with Crippen molar-refractivity contribution in [3.05, 3.63) is 46.4 Å². The van der Waals surface area contributed by atoms with Gasteiger partial charge in [-0.1, -0.05) is 6.07 Å². The molecule has 0 aliphatic heterocycles. The number of hydrogen-bond acceptors (Lipinski definition) is 4. The van der Waals surface area contributed by atoms with Crippen LogP contribution in [0.25, 0.3) is 0 Å². The van der Waals surface area contributed by atoms with Crippen LogP contribution < -0.4 is 5.32 Å². The Balaban J connectivity index is 1.82. The van der Waals surface area contributed by atoms with Crippen molar-refractivity contribution in [2.45, 2.75) is 6.54 Å². The first-order valence-corrected chi connectivity index (χ1v) is 7.30. The van der Waals surface area contributed by atoms with Crippen molar-refractivity contribution in [1.82, 2.24) is 9.88 Å². The van der Waals surface area contributed by atoms with Gasteiger partial charge in [0.15, 0.2) is 0 Å². The molecule has 0 atom stereocenters. The second-order valence-corrected chi connectivity index (χ2v) is 5.34. The van der Waals surface area contributed by atoms with Gasteiger partial charge in [-0.25, -0.2) is 4.79 Å². The lowest BCUT2D eigenvalue weighted by atomic mass is 10.3. The van der Waals surface area contributed by atoms with Crippen LogP contribution in [-0.4, -0.2) is 41.3 Å². The molecular formula is C14H16N2O4S. The third kappa shape index (κ3) is 4.73. The summed E-state index contributed by atoms with van der Waals surface area (Å²) in [4.78, 5) is 23.5. The average molecular weight is 308 g/mol. The number of aromatic nitrogens is 1. The number of thiophene rings is 1. The van der Waals surface area contributed by atoms with Crippen molar-refractivity contribution in [2.75, 3.05) is 19.8 Å². The Morgan fingerprint density at radius 3 is 2.90 bits per heavy atom. The number of carbonyl (C=O) groups excluding carboxylic acids is 1. The molecule has 0 spiro atoms. The highest BCUT2D eigenvalue weighted by Gasteiger charge is 2.10. The van der Waals surface area contributed by atoms with Crippen molar-refractivity contribution in [2.24, 2.45) is 0 Å². The van der Waals surface area contributed by atoms with E-state index in [1.807, 2.05) is 34.3 Å². The molecule has 1 amide bonds. The Hall–Kier alpha value is -2.12. The minimum Gasteiger partial charge on any atom is -0.480 e. The Kier molecular flexibility index (Phi) is 5.53. The Labute approximate surface area is 126 Å². The smallest absolute Gasteiger partial charge is 0.329 e. The Bertz CT molecular complexity index is 592. The molecule has 0 fully saturated rings. The third-order valence-corrected chi connectivity index (χ3v) is 3.59. The summed E-state index contributed by atoms with van der Waals surface area (Å²) in [7, 11) is 0. The average Bonchev–Trinajstić information content (AvgIpc) is 3.10. The topological polar surface area (TPSA) is 80.6 Å². The third-order valence-electron chi connectivity index (χ3n) is 2.73. The molecule has 2 aromatic heterocycles. The van der Waals surface area contributed by atoms with Gasteiger partial charge in [-0.3, -0.25) is 4.79 Å². The van der Waals surface area contributed by atoms with Crippen LogP contribution in [0.3, 0.4) is 0 Å². The number of nitrogens with one attached hydrogen (secondary N) is 1. The molecular weight excluding hydrogens is 292 g/mol. The minimum absolute atomic E-state index is 0.170. The van der Waals surface area contributed by atoms with Gasteiger partial charge >= 0.3 is 5.97 Å². The highest BCUT2D eigenvalue weighted by Crippen LogP contribution is 2.12. The molecule has 2 rings (SSSR count). The molecule has 0 saturated heterocycles. The highest BCUT2D eigenvalue weighted by molar-refractivity contribution is 7.09. The van der Waals surface area contributed by atoms with Gasteiger partial charge in [-0.2, -0.15) is 0 Å². The van der Waals surface area contributed by atoms with Crippen LogP contribution in [-0.2, 0) is 16.1 Å². The van der Waals surface area contributed by atoms with Gasteiger partial charge in [0.2, 0.25) is 0 Å². The molecule has 0 aliphatic carbocycles. The van der Waals surface area contributed by atoms with Gasteiger partial charge in [0.1, 0.15) is 12.3 Å². The summed E-state index contributed by atoms with van der Waals surface area (Å²) in [6, 6.07) is 7.57. The first kappa shape index (κ1) is 15.3. The molecule has 2 N–H and O–H groups in total. The van der Waals surface area contributed by atoms with E-state index in [0.29, 0.717) is 12.2 Å². The summed E-state index contributed by atoms with van der Waals surface area (Å²) in [5.74, 6) is -1.22. The number of carboxylic acids is 1. The molecule has 2 heterocycles. The summed E-state index contributed by atoms with van der Waals surface area (Å²) in [5, 5.41) is 13.1. The van der Waals surface area contributed by atoms with E-state index in [1.54, 1.807) is 17.4 Å². The zero-order valence-corrected chi connectivity index (χ0v) is 12.1. The Morgan fingerprint density at radius 1 is 1.33 bits per heavy atom. The maximum atomic E-state index is 12.1. The van der Waals surface area contributed by atoms with E-state index in [9.17, 15) is 9.59 Å². The zero-order valence-electron chi connectivity index (χ0n) is 11.3. The van der Waals surface area contributed by atoms with Crippen LogP contribution >= 0.6 is 11.3 Å². The molecule has 7 heteroatoms. The van der Waals surface area contributed by atoms with E-state index in [4.69, 9.17) is 9.84 Å². The molecule has 21 heavy (non-hydrogen) atoms. The van der Waals surface area contributed by atoms with Crippen molar-refractivity contribution >= 4 is 23.2 Å². The SMILES string of the molecule is O=C(O)COCCNC(=O)c1cccn1Cc1cccs1. The fourth-order valence-corrected chi connectivity index (χ4v) is 2.52. The van der Waals surface area contributed by atoms with Crippen molar-refractivity contribution in [1.29, 1.82) is 0 Å². The summed E-state index contributed by atoms with van der Waals surface area (Å²) in [6.45, 7) is 0.744. The lowest BCUT2D eigenvalue weighted by Crippen LogP contribution is -2.29. The molecule has 6 nitrogen and oxygen atoms in total. The van der Waals surface area contributed by atoms with E-state index >= 15 is 0 Å². The molecule has 112 valence electrons. The van der Waals surface area contributed by atoms with Gasteiger partial charge in [0, 0.05) is 17.6 Å². The standard InChI is InChI=1S/C14H16N2O4S/c17-13(18)10-20-7-5-15-14(19)12-4-1-6-16(12)9-11-3-2-8-21-11/h1-4,6,8H,5,7,9-10H2,(H,15,19)(H,17,18). The van der Waals surface area contributed by atoms with Crippen molar-refractivity contribution in [3.8, 4) is 0 Å². The summed E-state index contributed by atoms with van der Waals surface area (Å²) < 4.78 is 6.73. The van der Waals surface area contributed by atoms with E-state index in [1.165, 1.54) is 4.88 Å². The highest BCUT2D eigenvalue weighted by atomic mass is 32.1. The second kappa shape index (κ2) is 7.61. The molecule has 0 radical (unpaired) electrons. The molecule has 0 bridgehead atoms. The number of rotatable bonds is 8. The number of aliphatic carboxylic acids is 1. The molecule has 0 saturated carbocycles. The van der Waals surface area contributed by atoms with Gasteiger partial charge in [0.25, 0.3) is 5.91 Å². The predicted molar refractivity (Wildman–Crippen MR) is 78.6 cm³/mol. The van der Waals surface area contributed by atoms with E-state index in [2.05, 4.69) is 5.32 Å². The summed E-state index contributed by atoms with van der Waals surface area (Å²) in [5.41, 5.74) is 0.571. The fourth-order valence-electron chi connectivity index (χ4n) is 1.82. The number of amides is 1. The molecule has 2 aromatic rings. The summed E-state index contributed by atoms with van der Waals surface area (Å²) >= 11 is 1.64. The second-order valence-electron chi connectivity index (χ2n) is 4.30. The van der Waals surface area contributed by atoms with Crippen LogP contribution in [0.15, 0.2) is 35.8 Å². The monoisotopic (exact) mass is 308 g/mol. The quantitative estimate of drug-likeness (QED) is 0.723. The number of carbonyl (C=O) groups is 2. The fraction of sp³-hybridized carbons (Fsp3) is 0.286. The van der Waals surface area contributed by atoms with Crippen LogP contribution in [0.5, 0.6) is 0 Å². The number of carboxylic acid groups (broad SMARTS) is 1. The Morgan fingerprint density at radius 2 is 2.19 bits per heavy atom. The summed E-state index contributed by atoms with van der Waals surface area (Å²) in [6.07, 6.45) is 1.86. The normalized spacial score (nSPS) is 10.5. The van der Waals surface area contributed by atoms with Crippen LogP contribution in [0.4, 0.5) is 0 Å². The van der Waals surface area contributed by atoms with Gasteiger partial charge in [0.05, 0.1) is 13.2 Å². The lowest BCUT2D eigenvalue weighted by Gasteiger charge is -2.09. The van der Waals surface area contributed by atoms with E-state index in [-0.39, 0.29) is 25.7 Å². The molecule has 0 aromatic carbocycles. The maximum Gasteiger partial charge on any atom is 0.329 e. The maximum absolute atomic E-state index is 12.1. The minimum atomic E-state index is -1.02. The lowest BCUT2D eigenvalue weighted by molar-refractivity contribution is -0.142. The zero-order chi connectivity index (χ0) is 15.1. The van der Waals surface area contributed by atoms with Gasteiger partial charge in [-0.05, 0) is 23.6 Å². The van der Waals surface area contributed by atoms with Crippen LogP contribution in [0.2, 0.25) is 0 Å². The first-order chi connectivity index (χ1) is 10.2. The first-order valence-electron chi connectivity index (χ1n) is 6.42. The number of ether oxygens (including phenoxy) is 1. The van der Waals surface area contributed by atoms with Crippen LogP contribution in [0.1, 0.15) is 15.4 Å². The molecule has 0 unspecified atom stereocenters. The predicted octanol–water partition coefficient (Wildman–Crippen LogP) is 1.43. The van der Waals surface area contributed by atoms with Gasteiger partial charge in [-0.15, -0.1) is 11.3 Å². The largest absolute Gasteiger partial charge is 0.480 e. The van der Waals surface area contributed by atoms with E-state index in [0.717, 1.165) is 0 Å².